The third-order valence-electron chi connectivity index (χ3n) is 4.21. The summed E-state index contributed by atoms with van der Waals surface area (Å²) in [7, 11) is 0. The minimum Gasteiger partial charge on any atom is -0.463 e. The molecule has 1 heterocycles. The van der Waals surface area contributed by atoms with E-state index in [0.717, 1.165) is 5.56 Å². The number of benzene rings is 1. The lowest BCUT2D eigenvalue weighted by molar-refractivity contribution is -0.170. The number of carbonyl (C=O) groups excluding carboxylic acids is 3. The molecule has 142 valence electrons. The van der Waals surface area contributed by atoms with Crippen molar-refractivity contribution in [1.29, 1.82) is 0 Å². The number of carbonyl (C=O) groups is 3. The Kier molecular flexibility index (Phi) is 7.18. The predicted octanol–water partition coefficient (Wildman–Crippen LogP) is 2.21. The summed E-state index contributed by atoms with van der Waals surface area (Å²) < 4.78 is 10.5. The van der Waals surface area contributed by atoms with Crippen LogP contribution >= 0.6 is 0 Å². The highest BCUT2D eigenvalue weighted by atomic mass is 16.6. The van der Waals surface area contributed by atoms with E-state index in [0.29, 0.717) is 19.0 Å². The smallest absolute Gasteiger partial charge is 0.347 e. The van der Waals surface area contributed by atoms with E-state index < -0.39 is 24.0 Å². The van der Waals surface area contributed by atoms with E-state index >= 15 is 0 Å². The molecular weight excluding hydrogens is 334 g/mol. The van der Waals surface area contributed by atoms with E-state index in [-0.39, 0.29) is 25.4 Å². The van der Waals surface area contributed by atoms with Crippen molar-refractivity contribution in [2.45, 2.75) is 39.7 Å². The largest absolute Gasteiger partial charge is 0.463 e. The summed E-state index contributed by atoms with van der Waals surface area (Å²) in [4.78, 5) is 38.5. The number of nitrogens with zero attached hydrogens (tertiary/aromatic N) is 1. The molecule has 0 bridgehead atoms. The summed E-state index contributed by atoms with van der Waals surface area (Å²) in [6.07, 6.45) is -0.618. The van der Waals surface area contributed by atoms with Crippen LogP contribution in [0.25, 0.3) is 0 Å². The zero-order valence-corrected chi connectivity index (χ0v) is 15.6. The fourth-order valence-corrected chi connectivity index (χ4v) is 3.02. The maximum atomic E-state index is 12.5. The Hall–Kier alpha value is -2.37. The lowest BCUT2D eigenvalue weighted by Gasteiger charge is -2.20. The number of hydrogen-bond acceptors (Lipinski definition) is 5. The van der Waals surface area contributed by atoms with Crippen LogP contribution in [0.5, 0.6) is 0 Å². The van der Waals surface area contributed by atoms with Gasteiger partial charge in [0.1, 0.15) is 0 Å². The highest BCUT2D eigenvalue weighted by molar-refractivity contribution is 5.88. The minimum atomic E-state index is -1.00. The summed E-state index contributed by atoms with van der Waals surface area (Å²) in [5.74, 6) is -1.32. The summed E-state index contributed by atoms with van der Waals surface area (Å²) in [5.41, 5.74) is 0.877. The molecule has 2 rings (SSSR count). The van der Waals surface area contributed by atoms with Gasteiger partial charge in [0.25, 0.3) is 0 Å². The average Bonchev–Trinajstić information content (AvgIpc) is 2.95. The Bertz CT molecular complexity index is 628. The predicted molar refractivity (Wildman–Crippen MR) is 96.2 cm³/mol. The molecule has 0 spiro atoms. The standard InChI is InChI=1S/C20H27NO5/c1-4-25-20(24)17(10-15-8-6-5-7-9-15)26-19(23)16-11-18(22)21(13-16)12-14(2)3/h5-9,14,16-17H,4,10-13H2,1-3H3. The van der Waals surface area contributed by atoms with E-state index in [1.54, 1.807) is 11.8 Å². The number of ether oxygens (including phenoxy) is 2. The lowest BCUT2D eigenvalue weighted by Crippen LogP contribution is -2.35. The van der Waals surface area contributed by atoms with Crippen LogP contribution in [0.3, 0.4) is 0 Å². The number of esters is 2. The molecule has 1 aliphatic rings. The summed E-state index contributed by atoms with van der Waals surface area (Å²) >= 11 is 0. The quantitative estimate of drug-likeness (QED) is 0.664. The van der Waals surface area contributed by atoms with E-state index in [1.807, 2.05) is 44.2 Å². The molecular formula is C20H27NO5. The molecule has 1 aromatic carbocycles. The Morgan fingerprint density at radius 1 is 1.23 bits per heavy atom. The topological polar surface area (TPSA) is 72.9 Å². The first-order valence-corrected chi connectivity index (χ1v) is 9.09. The van der Waals surface area contributed by atoms with Gasteiger partial charge in [-0.1, -0.05) is 44.2 Å². The van der Waals surface area contributed by atoms with Crippen molar-refractivity contribution in [3.8, 4) is 0 Å². The molecule has 1 saturated heterocycles. The Balaban J connectivity index is 2.01. The summed E-state index contributed by atoms with van der Waals surface area (Å²) in [6.45, 7) is 6.93. The molecule has 0 aliphatic carbocycles. The molecule has 6 heteroatoms. The number of rotatable bonds is 8. The van der Waals surface area contributed by atoms with Crippen LogP contribution in [0.2, 0.25) is 0 Å². The van der Waals surface area contributed by atoms with Crippen molar-refractivity contribution < 1.29 is 23.9 Å². The summed E-state index contributed by atoms with van der Waals surface area (Å²) in [5, 5.41) is 0. The first-order chi connectivity index (χ1) is 12.4. The fraction of sp³-hybridized carbons (Fsp3) is 0.550. The first kappa shape index (κ1) is 19.9. The normalized spacial score (nSPS) is 18.1. The van der Waals surface area contributed by atoms with Crippen LogP contribution in [-0.4, -0.2) is 48.5 Å². The number of likely N-dealkylation sites (tertiary alicyclic amines) is 1. The second-order valence-electron chi connectivity index (χ2n) is 6.96. The fourth-order valence-electron chi connectivity index (χ4n) is 3.02. The molecule has 1 aliphatic heterocycles. The molecule has 1 amide bonds. The van der Waals surface area contributed by atoms with E-state index in [4.69, 9.17) is 9.47 Å². The van der Waals surface area contributed by atoms with Crippen LogP contribution in [0, 0.1) is 11.8 Å². The molecule has 26 heavy (non-hydrogen) atoms. The Morgan fingerprint density at radius 2 is 1.92 bits per heavy atom. The van der Waals surface area contributed by atoms with Gasteiger partial charge in [-0.05, 0) is 18.4 Å². The van der Waals surface area contributed by atoms with Gasteiger partial charge >= 0.3 is 11.9 Å². The van der Waals surface area contributed by atoms with Gasteiger partial charge < -0.3 is 14.4 Å². The second kappa shape index (κ2) is 9.36. The van der Waals surface area contributed by atoms with Crippen molar-refractivity contribution in [3.05, 3.63) is 35.9 Å². The monoisotopic (exact) mass is 361 g/mol. The Morgan fingerprint density at radius 3 is 2.54 bits per heavy atom. The van der Waals surface area contributed by atoms with Crippen LogP contribution < -0.4 is 0 Å². The van der Waals surface area contributed by atoms with Crippen LogP contribution in [0.15, 0.2) is 30.3 Å². The van der Waals surface area contributed by atoms with Gasteiger partial charge in [-0.15, -0.1) is 0 Å². The SMILES string of the molecule is CCOC(=O)C(Cc1ccccc1)OC(=O)C1CC(=O)N(CC(C)C)C1. The van der Waals surface area contributed by atoms with Gasteiger partial charge in [-0.2, -0.15) is 0 Å². The third kappa shape index (κ3) is 5.58. The molecule has 1 aromatic rings. The van der Waals surface area contributed by atoms with Crippen LogP contribution in [-0.2, 0) is 30.3 Å². The van der Waals surface area contributed by atoms with Gasteiger partial charge in [-0.25, -0.2) is 4.79 Å². The molecule has 0 aromatic heterocycles. The molecule has 0 N–H and O–H groups in total. The van der Waals surface area contributed by atoms with Crippen molar-refractivity contribution in [2.24, 2.45) is 11.8 Å². The van der Waals surface area contributed by atoms with Crippen molar-refractivity contribution >= 4 is 17.8 Å². The minimum absolute atomic E-state index is 0.0450. The average molecular weight is 361 g/mol. The van der Waals surface area contributed by atoms with Crippen molar-refractivity contribution in [3.63, 3.8) is 0 Å². The van der Waals surface area contributed by atoms with E-state index in [2.05, 4.69) is 0 Å². The van der Waals surface area contributed by atoms with Gasteiger partial charge in [-0.3, -0.25) is 9.59 Å². The van der Waals surface area contributed by atoms with Gasteiger partial charge in [0.2, 0.25) is 12.0 Å². The van der Waals surface area contributed by atoms with E-state index in [1.165, 1.54) is 0 Å². The molecule has 2 atom stereocenters. The molecule has 0 radical (unpaired) electrons. The van der Waals surface area contributed by atoms with E-state index in [9.17, 15) is 14.4 Å². The highest BCUT2D eigenvalue weighted by Gasteiger charge is 2.37. The van der Waals surface area contributed by atoms with Gasteiger partial charge in [0.15, 0.2) is 0 Å². The zero-order valence-electron chi connectivity index (χ0n) is 15.6. The van der Waals surface area contributed by atoms with Crippen LogP contribution in [0.4, 0.5) is 0 Å². The first-order valence-electron chi connectivity index (χ1n) is 9.09. The Labute approximate surface area is 154 Å². The van der Waals surface area contributed by atoms with Crippen molar-refractivity contribution in [1.82, 2.24) is 4.90 Å². The molecule has 1 fully saturated rings. The van der Waals surface area contributed by atoms with Gasteiger partial charge in [0.05, 0.1) is 12.5 Å². The number of hydrogen-bond donors (Lipinski definition) is 0. The van der Waals surface area contributed by atoms with Crippen LogP contribution in [0.1, 0.15) is 32.8 Å². The van der Waals surface area contributed by atoms with Gasteiger partial charge in [0, 0.05) is 25.9 Å². The lowest BCUT2D eigenvalue weighted by atomic mass is 10.1. The maximum absolute atomic E-state index is 12.5. The third-order valence-corrected chi connectivity index (χ3v) is 4.21. The van der Waals surface area contributed by atoms with Crippen molar-refractivity contribution in [2.75, 3.05) is 19.7 Å². The summed E-state index contributed by atoms with van der Waals surface area (Å²) in [6, 6.07) is 9.33. The molecule has 2 unspecified atom stereocenters. The maximum Gasteiger partial charge on any atom is 0.347 e. The molecule has 0 saturated carbocycles. The second-order valence-corrected chi connectivity index (χ2v) is 6.96. The zero-order chi connectivity index (χ0) is 19.1. The number of amides is 1. The highest BCUT2D eigenvalue weighted by Crippen LogP contribution is 2.21. The molecule has 6 nitrogen and oxygen atoms in total.